The molecule has 0 saturated carbocycles. The Bertz CT molecular complexity index is 410. The molecule has 0 spiro atoms. The topological polar surface area (TPSA) is 66.5 Å². The number of hydrogen-bond acceptors (Lipinski definition) is 4. The second-order valence-corrected chi connectivity index (χ2v) is 3.23. The van der Waals surface area contributed by atoms with Crippen molar-refractivity contribution >= 4 is 5.95 Å². The summed E-state index contributed by atoms with van der Waals surface area (Å²) >= 11 is 0. The van der Waals surface area contributed by atoms with E-state index < -0.39 is 0 Å². The van der Waals surface area contributed by atoms with Crippen molar-refractivity contribution in [1.29, 1.82) is 0 Å². The second-order valence-electron chi connectivity index (χ2n) is 3.23. The number of aromatic amines is 1. The minimum Gasteiger partial charge on any atom is -0.354 e. The molecule has 15 heavy (non-hydrogen) atoms. The molecule has 5 heteroatoms. The minimum atomic E-state index is 0.668. The Balaban J connectivity index is 1.83. The van der Waals surface area contributed by atoms with Gasteiger partial charge in [0, 0.05) is 37.3 Å². The smallest absolute Gasteiger partial charge is 0.222 e. The lowest BCUT2D eigenvalue weighted by Gasteiger charge is -2.03. The molecule has 0 fully saturated rings. The van der Waals surface area contributed by atoms with Gasteiger partial charge in [-0.1, -0.05) is 0 Å². The first-order valence-electron chi connectivity index (χ1n) is 4.86. The van der Waals surface area contributed by atoms with E-state index in [2.05, 4.69) is 25.3 Å². The van der Waals surface area contributed by atoms with Crippen molar-refractivity contribution in [2.75, 3.05) is 11.9 Å². The van der Waals surface area contributed by atoms with Crippen molar-refractivity contribution in [3.8, 4) is 0 Å². The maximum absolute atomic E-state index is 4.24. The van der Waals surface area contributed by atoms with Crippen LogP contribution in [0.25, 0.3) is 0 Å². The number of H-pyrrole nitrogens is 1. The van der Waals surface area contributed by atoms with Gasteiger partial charge in [-0.3, -0.25) is 0 Å². The van der Waals surface area contributed by atoms with Crippen LogP contribution in [0.3, 0.4) is 0 Å². The van der Waals surface area contributed by atoms with E-state index in [0.29, 0.717) is 5.95 Å². The molecular weight excluding hydrogens is 190 g/mol. The molecule has 0 aliphatic carbocycles. The Morgan fingerprint density at radius 3 is 3.00 bits per heavy atom. The van der Waals surface area contributed by atoms with E-state index in [1.807, 2.05) is 19.2 Å². The van der Waals surface area contributed by atoms with Gasteiger partial charge >= 0.3 is 0 Å². The molecule has 0 aliphatic heterocycles. The molecular formula is C10H13N5. The molecule has 0 bridgehead atoms. The third kappa shape index (κ3) is 2.77. The van der Waals surface area contributed by atoms with Gasteiger partial charge in [-0.05, 0) is 13.0 Å². The summed E-state index contributed by atoms with van der Waals surface area (Å²) < 4.78 is 0. The van der Waals surface area contributed by atoms with Gasteiger partial charge in [0.25, 0.3) is 0 Å². The van der Waals surface area contributed by atoms with Crippen LogP contribution in [-0.2, 0) is 6.42 Å². The van der Waals surface area contributed by atoms with Crippen molar-refractivity contribution in [2.24, 2.45) is 0 Å². The van der Waals surface area contributed by atoms with Crippen LogP contribution in [0.4, 0.5) is 5.95 Å². The van der Waals surface area contributed by atoms with E-state index in [9.17, 15) is 0 Å². The first kappa shape index (κ1) is 9.64. The van der Waals surface area contributed by atoms with Crippen molar-refractivity contribution in [1.82, 2.24) is 19.9 Å². The first-order valence-corrected chi connectivity index (χ1v) is 4.86. The van der Waals surface area contributed by atoms with Gasteiger partial charge in [0.15, 0.2) is 0 Å². The molecule has 0 aliphatic rings. The van der Waals surface area contributed by atoms with E-state index in [1.54, 1.807) is 12.4 Å². The van der Waals surface area contributed by atoms with Crippen LogP contribution in [0.2, 0.25) is 0 Å². The standard InChI is InChI=1S/C10H13N5/c1-8-2-4-13-10(15-8)14-5-3-9-11-6-7-12-9/h2,4,6-7H,3,5H2,1H3,(H,11,12)(H,13,14,15). The maximum atomic E-state index is 4.24. The summed E-state index contributed by atoms with van der Waals surface area (Å²) in [6, 6.07) is 1.87. The Morgan fingerprint density at radius 2 is 2.27 bits per heavy atom. The summed E-state index contributed by atoms with van der Waals surface area (Å²) in [5.74, 6) is 1.64. The highest BCUT2D eigenvalue weighted by molar-refractivity contribution is 5.24. The lowest BCUT2D eigenvalue weighted by molar-refractivity contribution is 0.909. The quantitative estimate of drug-likeness (QED) is 0.782. The van der Waals surface area contributed by atoms with Crippen molar-refractivity contribution < 1.29 is 0 Å². The largest absolute Gasteiger partial charge is 0.354 e. The van der Waals surface area contributed by atoms with E-state index >= 15 is 0 Å². The zero-order chi connectivity index (χ0) is 10.5. The van der Waals surface area contributed by atoms with Crippen LogP contribution in [-0.4, -0.2) is 26.5 Å². The van der Waals surface area contributed by atoms with Gasteiger partial charge in [-0.15, -0.1) is 0 Å². The molecule has 0 aromatic carbocycles. The third-order valence-electron chi connectivity index (χ3n) is 1.99. The van der Waals surface area contributed by atoms with Crippen LogP contribution < -0.4 is 5.32 Å². The second kappa shape index (κ2) is 4.54. The minimum absolute atomic E-state index is 0.668. The number of nitrogens with zero attached hydrogens (tertiary/aromatic N) is 3. The van der Waals surface area contributed by atoms with Crippen molar-refractivity contribution in [3.05, 3.63) is 36.2 Å². The number of rotatable bonds is 4. The molecule has 2 heterocycles. The zero-order valence-corrected chi connectivity index (χ0v) is 8.57. The SMILES string of the molecule is Cc1ccnc(NCCc2ncc[nH]2)n1. The Hall–Kier alpha value is -1.91. The molecule has 2 N–H and O–H groups in total. The molecule has 0 atom stereocenters. The lowest BCUT2D eigenvalue weighted by atomic mass is 10.4. The average molecular weight is 203 g/mol. The van der Waals surface area contributed by atoms with E-state index in [0.717, 1.165) is 24.5 Å². The van der Waals surface area contributed by atoms with Gasteiger partial charge in [0.05, 0.1) is 0 Å². The number of hydrogen-bond donors (Lipinski definition) is 2. The predicted molar refractivity (Wildman–Crippen MR) is 57.6 cm³/mol. The summed E-state index contributed by atoms with van der Waals surface area (Å²) in [4.78, 5) is 15.5. The van der Waals surface area contributed by atoms with Crippen LogP contribution >= 0.6 is 0 Å². The molecule has 0 unspecified atom stereocenters. The van der Waals surface area contributed by atoms with E-state index in [4.69, 9.17) is 0 Å². The summed E-state index contributed by atoms with van der Waals surface area (Å²) in [5, 5.41) is 3.14. The Kier molecular flexibility index (Phi) is 2.92. The highest BCUT2D eigenvalue weighted by atomic mass is 15.1. The molecule has 0 amide bonds. The number of aryl methyl sites for hydroxylation is 1. The molecule has 0 radical (unpaired) electrons. The fraction of sp³-hybridized carbons (Fsp3) is 0.300. The predicted octanol–water partition coefficient (Wildman–Crippen LogP) is 1.16. The highest BCUT2D eigenvalue weighted by Gasteiger charge is 1.97. The Morgan fingerprint density at radius 1 is 1.33 bits per heavy atom. The van der Waals surface area contributed by atoms with Crippen molar-refractivity contribution in [3.63, 3.8) is 0 Å². The molecule has 2 aromatic rings. The zero-order valence-electron chi connectivity index (χ0n) is 8.57. The fourth-order valence-corrected chi connectivity index (χ4v) is 1.26. The summed E-state index contributed by atoms with van der Waals surface area (Å²) in [6.07, 6.45) is 6.15. The van der Waals surface area contributed by atoms with Gasteiger partial charge < -0.3 is 10.3 Å². The first-order chi connectivity index (χ1) is 7.34. The molecule has 2 aromatic heterocycles. The lowest BCUT2D eigenvalue weighted by Crippen LogP contribution is -2.08. The van der Waals surface area contributed by atoms with Gasteiger partial charge in [0.2, 0.25) is 5.95 Å². The monoisotopic (exact) mass is 203 g/mol. The maximum Gasteiger partial charge on any atom is 0.222 e. The number of imidazole rings is 1. The van der Waals surface area contributed by atoms with Crippen molar-refractivity contribution in [2.45, 2.75) is 13.3 Å². The van der Waals surface area contributed by atoms with Crippen LogP contribution in [0.15, 0.2) is 24.7 Å². The Labute approximate surface area is 88.0 Å². The fourth-order valence-electron chi connectivity index (χ4n) is 1.26. The molecule has 5 nitrogen and oxygen atoms in total. The summed E-state index contributed by atoms with van der Waals surface area (Å²) in [7, 11) is 0. The van der Waals surface area contributed by atoms with Crippen LogP contribution in [0.5, 0.6) is 0 Å². The average Bonchev–Trinajstić information content (AvgIpc) is 2.71. The summed E-state index contributed by atoms with van der Waals surface area (Å²) in [6.45, 7) is 2.72. The normalized spacial score (nSPS) is 10.2. The van der Waals surface area contributed by atoms with Gasteiger partial charge in [-0.2, -0.15) is 0 Å². The number of anilines is 1. The highest BCUT2D eigenvalue weighted by Crippen LogP contribution is 1.99. The van der Waals surface area contributed by atoms with E-state index in [1.165, 1.54) is 0 Å². The van der Waals surface area contributed by atoms with Crippen LogP contribution in [0.1, 0.15) is 11.5 Å². The number of aromatic nitrogens is 4. The van der Waals surface area contributed by atoms with Gasteiger partial charge in [0.1, 0.15) is 5.82 Å². The van der Waals surface area contributed by atoms with Gasteiger partial charge in [-0.25, -0.2) is 15.0 Å². The van der Waals surface area contributed by atoms with Crippen LogP contribution in [0, 0.1) is 6.92 Å². The molecule has 2 rings (SSSR count). The molecule has 0 saturated heterocycles. The summed E-state index contributed by atoms with van der Waals surface area (Å²) in [5.41, 5.74) is 0.963. The molecule has 78 valence electrons. The third-order valence-corrected chi connectivity index (χ3v) is 1.99. The number of nitrogens with one attached hydrogen (secondary N) is 2. The van der Waals surface area contributed by atoms with E-state index in [-0.39, 0.29) is 0 Å².